The van der Waals surface area contributed by atoms with Gasteiger partial charge in [-0.1, -0.05) is 90.9 Å². The van der Waals surface area contributed by atoms with E-state index in [0.29, 0.717) is 19.8 Å². The van der Waals surface area contributed by atoms with Crippen molar-refractivity contribution in [3.63, 3.8) is 0 Å². The van der Waals surface area contributed by atoms with Crippen LogP contribution in [-0.2, 0) is 18.1 Å². The quantitative estimate of drug-likeness (QED) is 0.161. The number of hydrogen-bond acceptors (Lipinski definition) is 4. The van der Waals surface area contributed by atoms with Crippen LogP contribution in [0.1, 0.15) is 111 Å². The van der Waals surface area contributed by atoms with Gasteiger partial charge in [-0.2, -0.15) is 0 Å². The molecule has 4 nitrogen and oxygen atoms in total. The zero-order chi connectivity index (χ0) is 18.6. The normalized spacial score (nSPS) is 12.0. The fourth-order valence-corrected chi connectivity index (χ4v) is 3.99. The molecule has 0 fully saturated rings. The first kappa shape index (κ1) is 25.1. The van der Waals surface area contributed by atoms with Gasteiger partial charge in [-0.05, 0) is 19.8 Å². The maximum atomic E-state index is 12.5. The van der Waals surface area contributed by atoms with Crippen LogP contribution < -0.4 is 0 Å². The van der Waals surface area contributed by atoms with Gasteiger partial charge in [0.25, 0.3) is 0 Å². The lowest BCUT2D eigenvalue weighted by Gasteiger charge is -2.17. The van der Waals surface area contributed by atoms with Crippen LogP contribution in [0.2, 0.25) is 0 Å². The van der Waals surface area contributed by atoms with Crippen molar-refractivity contribution in [1.29, 1.82) is 0 Å². The fourth-order valence-electron chi connectivity index (χ4n) is 2.74. The molecule has 25 heavy (non-hydrogen) atoms. The van der Waals surface area contributed by atoms with Crippen molar-refractivity contribution in [2.75, 3.05) is 19.8 Å². The molecule has 0 saturated heterocycles. The van der Waals surface area contributed by atoms with Crippen molar-refractivity contribution >= 4 is 7.82 Å². The first-order valence-corrected chi connectivity index (χ1v) is 12.2. The Kier molecular flexibility index (Phi) is 19.0. The highest BCUT2D eigenvalue weighted by Gasteiger charge is 2.25. The number of phosphoric acid groups is 1. The minimum absolute atomic E-state index is 0.352. The summed E-state index contributed by atoms with van der Waals surface area (Å²) in [5.41, 5.74) is 0. The minimum atomic E-state index is -3.35. The third kappa shape index (κ3) is 17.3. The summed E-state index contributed by atoms with van der Waals surface area (Å²) in [5.74, 6) is 0. The molecule has 0 unspecified atom stereocenters. The Morgan fingerprint density at radius 1 is 0.520 bits per heavy atom. The SMILES string of the molecule is CCCCCCCCCOP(=O)(OCC)OCCCCCCCCC. The summed E-state index contributed by atoms with van der Waals surface area (Å²) in [5, 5.41) is 0. The Labute approximate surface area is 157 Å². The highest BCUT2D eigenvalue weighted by atomic mass is 31.2. The van der Waals surface area contributed by atoms with Crippen LogP contribution in [0.15, 0.2) is 0 Å². The van der Waals surface area contributed by atoms with E-state index in [-0.39, 0.29) is 0 Å². The van der Waals surface area contributed by atoms with Crippen LogP contribution in [0, 0.1) is 0 Å². The van der Waals surface area contributed by atoms with Crippen molar-refractivity contribution in [1.82, 2.24) is 0 Å². The molecular formula is C20H43O4P. The lowest BCUT2D eigenvalue weighted by atomic mass is 10.1. The first-order valence-electron chi connectivity index (χ1n) is 10.7. The summed E-state index contributed by atoms with van der Waals surface area (Å²) in [6, 6.07) is 0. The van der Waals surface area contributed by atoms with Gasteiger partial charge in [0.05, 0.1) is 19.8 Å². The zero-order valence-electron chi connectivity index (χ0n) is 17.1. The summed E-state index contributed by atoms with van der Waals surface area (Å²) >= 11 is 0. The molecule has 0 atom stereocenters. The van der Waals surface area contributed by atoms with E-state index >= 15 is 0 Å². The van der Waals surface area contributed by atoms with Crippen LogP contribution in [0.3, 0.4) is 0 Å². The highest BCUT2D eigenvalue weighted by Crippen LogP contribution is 2.49. The molecule has 0 bridgehead atoms. The minimum Gasteiger partial charge on any atom is -0.287 e. The van der Waals surface area contributed by atoms with E-state index in [9.17, 15) is 4.57 Å². The maximum Gasteiger partial charge on any atom is 0.474 e. The van der Waals surface area contributed by atoms with Crippen LogP contribution in [0.5, 0.6) is 0 Å². The molecular weight excluding hydrogens is 335 g/mol. The molecule has 0 aromatic rings. The lowest BCUT2D eigenvalue weighted by Crippen LogP contribution is -2.03. The van der Waals surface area contributed by atoms with Gasteiger partial charge in [0.15, 0.2) is 0 Å². The molecule has 0 amide bonds. The molecule has 0 aliphatic heterocycles. The molecule has 0 heterocycles. The van der Waals surface area contributed by atoms with Crippen molar-refractivity contribution in [2.45, 2.75) is 111 Å². The van der Waals surface area contributed by atoms with Crippen LogP contribution in [0.25, 0.3) is 0 Å². The van der Waals surface area contributed by atoms with Crippen LogP contribution in [0.4, 0.5) is 0 Å². The molecule has 0 aliphatic carbocycles. The number of rotatable bonds is 20. The molecule has 0 radical (unpaired) electrons. The third-order valence-electron chi connectivity index (χ3n) is 4.28. The number of phosphoric ester groups is 1. The van der Waals surface area contributed by atoms with Gasteiger partial charge in [0, 0.05) is 0 Å². The summed E-state index contributed by atoms with van der Waals surface area (Å²) in [6.07, 6.45) is 16.9. The largest absolute Gasteiger partial charge is 0.474 e. The van der Waals surface area contributed by atoms with Gasteiger partial charge < -0.3 is 0 Å². The Bertz CT molecular complexity index is 286. The smallest absolute Gasteiger partial charge is 0.287 e. The van der Waals surface area contributed by atoms with Gasteiger partial charge >= 0.3 is 7.82 Å². The molecule has 0 saturated carbocycles. The van der Waals surface area contributed by atoms with Crippen molar-refractivity contribution in [3.05, 3.63) is 0 Å². The Morgan fingerprint density at radius 2 is 0.880 bits per heavy atom. The summed E-state index contributed by atoms with van der Waals surface area (Å²) in [7, 11) is -3.35. The van der Waals surface area contributed by atoms with E-state index in [1.54, 1.807) is 0 Å². The van der Waals surface area contributed by atoms with Gasteiger partial charge in [0.1, 0.15) is 0 Å². The maximum absolute atomic E-state index is 12.5. The Hall–Kier alpha value is 0.110. The lowest BCUT2D eigenvalue weighted by molar-refractivity contribution is 0.114. The van der Waals surface area contributed by atoms with Crippen LogP contribution >= 0.6 is 7.82 Å². The van der Waals surface area contributed by atoms with Crippen LogP contribution in [-0.4, -0.2) is 19.8 Å². The summed E-state index contributed by atoms with van der Waals surface area (Å²) in [4.78, 5) is 0. The van der Waals surface area contributed by atoms with Crippen molar-refractivity contribution in [2.24, 2.45) is 0 Å². The molecule has 0 spiro atoms. The second-order valence-corrected chi connectivity index (χ2v) is 8.44. The average molecular weight is 379 g/mol. The fraction of sp³-hybridized carbons (Fsp3) is 1.00. The highest BCUT2D eigenvalue weighted by molar-refractivity contribution is 7.48. The van der Waals surface area contributed by atoms with Gasteiger partial charge in [0.2, 0.25) is 0 Å². The summed E-state index contributed by atoms with van der Waals surface area (Å²) < 4.78 is 28.7. The third-order valence-corrected chi connectivity index (χ3v) is 5.85. The van der Waals surface area contributed by atoms with E-state index in [2.05, 4.69) is 13.8 Å². The molecule has 0 rings (SSSR count). The molecule has 0 N–H and O–H groups in total. The van der Waals surface area contributed by atoms with Crippen molar-refractivity contribution < 1.29 is 18.1 Å². The predicted molar refractivity (Wildman–Crippen MR) is 107 cm³/mol. The van der Waals surface area contributed by atoms with E-state index < -0.39 is 7.82 Å². The van der Waals surface area contributed by atoms with E-state index in [0.717, 1.165) is 25.7 Å². The van der Waals surface area contributed by atoms with Gasteiger partial charge in [-0.3, -0.25) is 13.6 Å². The standard InChI is InChI=1S/C20H43O4P/c1-4-7-9-11-13-15-17-19-23-25(21,22-6-3)24-20-18-16-14-12-10-8-5-2/h4-20H2,1-3H3. The van der Waals surface area contributed by atoms with E-state index in [1.807, 2.05) is 6.92 Å². The number of unbranched alkanes of at least 4 members (excludes halogenated alkanes) is 12. The van der Waals surface area contributed by atoms with Gasteiger partial charge in [-0.25, -0.2) is 4.57 Å². The van der Waals surface area contributed by atoms with E-state index in [4.69, 9.17) is 13.6 Å². The average Bonchev–Trinajstić information content (AvgIpc) is 2.60. The molecule has 0 aromatic carbocycles. The Morgan fingerprint density at radius 3 is 1.24 bits per heavy atom. The molecule has 0 aromatic heterocycles. The predicted octanol–water partition coefficient (Wildman–Crippen LogP) is 7.67. The second kappa shape index (κ2) is 18.9. The second-order valence-electron chi connectivity index (χ2n) is 6.77. The molecule has 5 heteroatoms. The zero-order valence-corrected chi connectivity index (χ0v) is 18.0. The summed E-state index contributed by atoms with van der Waals surface area (Å²) in [6.45, 7) is 7.55. The topological polar surface area (TPSA) is 44.8 Å². The molecule has 0 aliphatic rings. The Balaban J connectivity index is 3.68. The van der Waals surface area contributed by atoms with Gasteiger partial charge in [-0.15, -0.1) is 0 Å². The van der Waals surface area contributed by atoms with E-state index in [1.165, 1.54) is 64.2 Å². The van der Waals surface area contributed by atoms with Crippen molar-refractivity contribution in [3.8, 4) is 0 Å². The first-order chi connectivity index (χ1) is 12.2. The number of hydrogen-bond donors (Lipinski definition) is 0. The monoisotopic (exact) mass is 378 g/mol. The molecule has 152 valence electrons.